The lowest BCUT2D eigenvalue weighted by Gasteiger charge is -2.12. The molecule has 0 bridgehead atoms. The van der Waals surface area contributed by atoms with Gasteiger partial charge in [-0.15, -0.1) is 0 Å². The molecule has 2 rings (SSSR count). The maximum absolute atomic E-state index is 12.2. The number of carbonyl (C=O) groups excluding carboxylic acids is 2. The van der Waals surface area contributed by atoms with Crippen molar-refractivity contribution >= 4 is 23.6 Å². The summed E-state index contributed by atoms with van der Waals surface area (Å²) in [6, 6.07) is 8.01. The number of carboxylic acids is 1. The van der Waals surface area contributed by atoms with Gasteiger partial charge in [0, 0.05) is 38.8 Å². The van der Waals surface area contributed by atoms with Gasteiger partial charge >= 0.3 is 12.0 Å². The Kier molecular flexibility index (Phi) is 6.00. The zero-order valence-electron chi connectivity index (χ0n) is 14.8. The van der Waals surface area contributed by atoms with Crippen LogP contribution in [0.4, 0.5) is 10.5 Å². The van der Waals surface area contributed by atoms with E-state index in [-0.39, 0.29) is 29.7 Å². The number of carboxylic acid groups (broad SMARTS) is 1. The van der Waals surface area contributed by atoms with Crippen molar-refractivity contribution in [1.82, 2.24) is 10.2 Å². The van der Waals surface area contributed by atoms with E-state index in [0.717, 1.165) is 5.56 Å². The van der Waals surface area contributed by atoms with Crippen LogP contribution in [-0.2, 0) is 13.0 Å². The second kappa shape index (κ2) is 8.19. The number of hydrogen-bond acceptors (Lipinski definition) is 4. The highest BCUT2D eigenvalue weighted by Crippen LogP contribution is 2.17. The van der Waals surface area contributed by atoms with E-state index in [2.05, 4.69) is 10.6 Å². The third kappa shape index (κ3) is 4.62. The Hall–Kier alpha value is -3.29. The molecule has 3 N–H and O–H groups in total. The van der Waals surface area contributed by atoms with Crippen LogP contribution < -0.4 is 10.6 Å². The van der Waals surface area contributed by atoms with Gasteiger partial charge in [-0.25, -0.2) is 9.59 Å². The summed E-state index contributed by atoms with van der Waals surface area (Å²) in [5, 5.41) is 14.5. The fraction of sp³-hybridized carbons (Fsp3) is 0.278. The van der Waals surface area contributed by atoms with Crippen LogP contribution in [0.2, 0.25) is 0 Å². The average molecular weight is 359 g/mol. The third-order valence-corrected chi connectivity index (χ3v) is 3.62. The maximum Gasteiger partial charge on any atom is 0.339 e. The number of nitrogens with one attached hydrogen (secondary N) is 2. The Morgan fingerprint density at radius 2 is 1.92 bits per heavy atom. The average Bonchev–Trinajstić information content (AvgIpc) is 3.04. The minimum atomic E-state index is -1.13. The summed E-state index contributed by atoms with van der Waals surface area (Å²) >= 11 is 0. The molecule has 0 fully saturated rings. The molecule has 0 aliphatic rings. The van der Waals surface area contributed by atoms with Crippen LogP contribution in [0.3, 0.4) is 0 Å². The minimum absolute atomic E-state index is 0.00829. The topological polar surface area (TPSA) is 112 Å². The van der Waals surface area contributed by atoms with Crippen molar-refractivity contribution in [3.8, 4) is 0 Å². The molecule has 8 nitrogen and oxygen atoms in total. The van der Waals surface area contributed by atoms with Gasteiger partial charge in [0.05, 0.1) is 0 Å². The van der Waals surface area contributed by atoms with Crippen molar-refractivity contribution in [2.24, 2.45) is 0 Å². The summed E-state index contributed by atoms with van der Waals surface area (Å²) in [5.74, 6) is -1.42. The first-order valence-electron chi connectivity index (χ1n) is 8.03. The second-order valence-corrected chi connectivity index (χ2v) is 5.81. The number of nitrogens with zero attached hydrogens (tertiary/aromatic N) is 1. The summed E-state index contributed by atoms with van der Waals surface area (Å²) in [4.78, 5) is 36.4. The van der Waals surface area contributed by atoms with Crippen LogP contribution in [0.25, 0.3) is 0 Å². The van der Waals surface area contributed by atoms with Gasteiger partial charge in [0.2, 0.25) is 0 Å². The Morgan fingerprint density at radius 1 is 1.19 bits per heavy atom. The number of aromatic carboxylic acids is 1. The lowest BCUT2D eigenvalue weighted by atomic mass is 10.2. The van der Waals surface area contributed by atoms with Gasteiger partial charge in [0.25, 0.3) is 5.91 Å². The fourth-order valence-corrected chi connectivity index (χ4v) is 2.25. The maximum atomic E-state index is 12.2. The summed E-state index contributed by atoms with van der Waals surface area (Å²) in [5.41, 5.74) is 1.37. The zero-order valence-corrected chi connectivity index (χ0v) is 14.8. The van der Waals surface area contributed by atoms with Crippen molar-refractivity contribution in [3.05, 3.63) is 53.0 Å². The van der Waals surface area contributed by atoms with Crippen LogP contribution in [0.15, 0.2) is 34.7 Å². The molecule has 0 saturated carbocycles. The van der Waals surface area contributed by atoms with Crippen molar-refractivity contribution in [3.63, 3.8) is 0 Å². The molecule has 3 amide bonds. The van der Waals surface area contributed by atoms with E-state index in [9.17, 15) is 14.4 Å². The van der Waals surface area contributed by atoms with E-state index in [1.807, 2.05) is 0 Å². The molecule has 1 heterocycles. The molecule has 2 aromatic rings. The van der Waals surface area contributed by atoms with Crippen LogP contribution in [-0.4, -0.2) is 42.0 Å². The van der Waals surface area contributed by atoms with E-state index in [0.29, 0.717) is 12.1 Å². The molecule has 1 aromatic carbocycles. The second-order valence-electron chi connectivity index (χ2n) is 5.81. The number of furan rings is 1. The number of urea groups is 1. The van der Waals surface area contributed by atoms with Gasteiger partial charge in [-0.3, -0.25) is 4.79 Å². The Morgan fingerprint density at radius 3 is 2.50 bits per heavy atom. The number of rotatable bonds is 6. The number of anilines is 1. The van der Waals surface area contributed by atoms with Crippen molar-refractivity contribution in [1.29, 1.82) is 0 Å². The first kappa shape index (κ1) is 19.0. The molecule has 0 aliphatic carbocycles. The van der Waals surface area contributed by atoms with Gasteiger partial charge in [-0.1, -0.05) is 19.1 Å². The molecule has 26 heavy (non-hydrogen) atoms. The lowest BCUT2D eigenvalue weighted by molar-refractivity contribution is 0.0694. The van der Waals surface area contributed by atoms with Gasteiger partial charge in [0.1, 0.15) is 11.3 Å². The molecule has 0 unspecified atom stereocenters. The molecule has 0 atom stereocenters. The smallest absolute Gasteiger partial charge is 0.339 e. The first-order chi connectivity index (χ1) is 12.3. The lowest BCUT2D eigenvalue weighted by Crippen LogP contribution is -2.27. The Balaban J connectivity index is 2.03. The highest BCUT2D eigenvalue weighted by Gasteiger charge is 2.19. The van der Waals surface area contributed by atoms with Crippen molar-refractivity contribution in [2.45, 2.75) is 19.9 Å². The predicted molar refractivity (Wildman–Crippen MR) is 95.4 cm³/mol. The fourth-order valence-electron chi connectivity index (χ4n) is 2.25. The molecule has 0 aliphatic heterocycles. The Bertz CT molecular complexity index is 826. The monoisotopic (exact) mass is 359 g/mol. The summed E-state index contributed by atoms with van der Waals surface area (Å²) in [6.45, 7) is 1.95. The summed E-state index contributed by atoms with van der Waals surface area (Å²) in [6.07, 6.45) is 0.378. The van der Waals surface area contributed by atoms with Crippen LogP contribution in [0, 0.1) is 0 Å². The number of benzene rings is 1. The zero-order chi connectivity index (χ0) is 19.3. The number of hydrogen-bond donors (Lipinski definition) is 3. The first-order valence-corrected chi connectivity index (χ1v) is 8.03. The van der Waals surface area contributed by atoms with Gasteiger partial charge in [-0.2, -0.15) is 0 Å². The normalized spacial score (nSPS) is 10.3. The standard InChI is InChI=1S/C18H21N3O5/c1-4-14-13(17(23)24)9-15(26-14)16(22)19-10-11-6-5-7-12(8-11)20-18(25)21(2)3/h5-9H,4,10H2,1-3H3,(H,19,22)(H,20,25)(H,23,24). The Labute approximate surface area is 150 Å². The highest BCUT2D eigenvalue weighted by atomic mass is 16.4. The van der Waals surface area contributed by atoms with Gasteiger partial charge in [0.15, 0.2) is 5.76 Å². The number of aryl methyl sites for hydroxylation is 1. The van der Waals surface area contributed by atoms with E-state index in [4.69, 9.17) is 9.52 Å². The molecule has 0 radical (unpaired) electrons. The molecular weight excluding hydrogens is 338 g/mol. The molecule has 8 heteroatoms. The van der Waals surface area contributed by atoms with Gasteiger partial charge in [-0.05, 0) is 17.7 Å². The van der Waals surface area contributed by atoms with Crippen LogP contribution in [0.1, 0.15) is 39.2 Å². The number of amides is 3. The SMILES string of the molecule is CCc1oc(C(=O)NCc2cccc(NC(=O)N(C)C)c2)cc1C(=O)O. The molecule has 0 spiro atoms. The minimum Gasteiger partial charge on any atom is -0.478 e. The van der Waals surface area contributed by atoms with Crippen LogP contribution >= 0.6 is 0 Å². The molecular formula is C18H21N3O5. The predicted octanol–water partition coefficient (Wildman–Crippen LogP) is 2.56. The van der Waals surface area contributed by atoms with E-state index < -0.39 is 11.9 Å². The van der Waals surface area contributed by atoms with Crippen LogP contribution in [0.5, 0.6) is 0 Å². The number of carbonyl (C=O) groups is 3. The van der Waals surface area contributed by atoms with Crippen molar-refractivity contribution < 1.29 is 23.9 Å². The summed E-state index contributed by atoms with van der Waals surface area (Å²) in [7, 11) is 3.28. The summed E-state index contributed by atoms with van der Waals surface area (Å²) < 4.78 is 5.32. The van der Waals surface area contributed by atoms with E-state index in [1.165, 1.54) is 11.0 Å². The molecule has 138 valence electrons. The van der Waals surface area contributed by atoms with Crippen molar-refractivity contribution in [2.75, 3.05) is 19.4 Å². The van der Waals surface area contributed by atoms with E-state index in [1.54, 1.807) is 45.3 Å². The largest absolute Gasteiger partial charge is 0.478 e. The third-order valence-electron chi connectivity index (χ3n) is 3.62. The molecule has 0 saturated heterocycles. The van der Waals surface area contributed by atoms with Gasteiger partial charge < -0.3 is 25.1 Å². The quantitative estimate of drug-likeness (QED) is 0.734. The van der Waals surface area contributed by atoms with E-state index >= 15 is 0 Å². The highest BCUT2D eigenvalue weighted by molar-refractivity contribution is 5.96. The molecule has 1 aromatic heterocycles.